The minimum atomic E-state index is -0.0978. The molecule has 5 nitrogen and oxygen atoms in total. The highest BCUT2D eigenvalue weighted by atomic mass is 16.5. The maximum Gasteiger partial charge on any atom is 0.229 e. The summed E-state index contributed by atoms with van der Waals surface area (Å²) < 4.78 is 11.0. The summed E-state index contributed by atoms with van der Waals surface area (Å²) in [7, 11) is 3.67. The van der Waals surface area contributed by atoms with Gasteiger partial charge in [0.2, 0.25) is 5.91 Å². The van der Waals surface area contributed by atoms with Crippen molar-refractivity contribution in [3.05, 3.63) is 29.8 Å². The Morgan fingerprint density at radius 2 is 2.10 bits per heavy atom. The number of amides is 1. The highest BCUT2D eigenvalue weighted by Crippen LogP contribution is 2.16. The van der Waals surface area contributed by atoms with E-state index in [0.717, 1.165) is 5.75 Å². The fourth-order valence-corrected chi connectivity index (χ4v) is 2.41. The van der Waals surface area contributed by atoms with Crippen molar-refractivity contribution in [2.75, 3.05) is 40.5 Å². The monoisotopic (exact) mass is 292 g/mol. The second kappa shape index (κ2) is 7.43. The van der Waals surface area contributed by atoms with Gasteiger partial charge >= 0.3 is 0 Å². The lowest BCUT2D eigenvalue weighted by molar-refractivity contribution is -0.134. The first-order chi connectivity index (χ1) is 10.1. The zero-order chi connectivity index (χ0) is 15.2. The van der Waals surface area contributed by atoms with E-state index >= 15 is 0 Å². The van der Waals surface area contributed by atoms with Gasteiger partial charge < -0.3 is 19.7 Å². The Bertz CT molecular complexity index is 461. The lowest BCUT2D eigenvalue weighted by Crippen LogP contribution is -2.44. The smallest absolute Gasteiger partial charge is 0.229 e. The summed E-state index contributed by atoms with van der Waals surface area (Å²) >= 11 is 0. The fraction of sp³-hybridized carbons (Fsp3) is 0.562. The van der Waals surface area contributed by atoms with Gasteiger partial charge in [0.15, 0.2) is 0 Å². The van der Waals surface area contributed by atoms with Crippen LogP contribution in [0.4, 0.5) is 0 Å². The molecule has 1 fully saturated rings. The van der Waals surface area contributed by atoms with E-state index in [2.05, 4.69) is 5.32 Å². The molecule has 0 aromatic heterocycles. The second-order valence-corrected chi connectivity index (χ2v) is 5.46. The molecule has 1 heterocycles. The molecule has 21 heavy (non-hydrogen) atoms. The molecule has 1 N–H and O–H groups in total. The molecule has 1 saturated heterocycles. The zero-order valence-corrected chi connectivity index (χ0v) is 13.0. The fourth-order valence-electron chi connectivity index (χ4n) is 2.41. The third kappa shape index (κ3) is 4.19. The van der Waals surface area contributed by atoms with E-state index in [0.29, 0.717) is 26.4 Å². The molecule has 2 unspecified atom stereocenters. The average Bonchev–Trinajstić information content (AvgIpc) is 2.96. The normalized spacial score (nSPS) is 21.3. The van der Waals surface area contributed by atoms with Crippen LogP contribution in [0.5, 0.6) is 5.75 Å². The summed E-state index contributed by atoms with van der Waals surface area (Å²) in [6.45, 7) is 4.19. The summed E-state index contributed by atoms with van der Waals surface area (Å²) in [5.74, 6) is 0.845. The summed E-state index contributed by atoms with van der Waals surface area (Å²) in [4.78, 5) is 14.1. The third-order valence-corrected chi connectivity index (χ3v) is 3.86. The number of hydrogen-bond donors (Lipinski definition) is 1. The van der Waals surface area contributed by atoms with Gasteiger partial charge in [0.25, 0.3) is 0 Å². The van der Waals surface area contributed by atoms with Crippen molar-refractivity contribution in [2.24, 2.45) is 5.92 Å². The highest BCUT2D eigenvalue weighted by Gasteiger charge is 2.34. The van der Waals surface area contributed by atoms with Gasteiger partial charge in [0.05, 0.1) is 25.7 Å². The van der Waals surface area contributed by atoms with Crippen LogP contribution in [0.1, 0.15) is 5.56 Å². The molecule has 1 aliphatic rings. The Kier molecular flexibility index (Phi) is 5.59. The molecule has 1 amide bonds. The lowest BCUT2D eigenvalue weighted by Gasteiger charge is -2.23. The van der Waals surface area contributed by atoms with Gasteiger partial charge in [-0.2, -0.15) is 0 Å². The van der Waals surface area contributed by atoms with E-state index in [1.54, 1.807) is 4.90 Å². The molecule has 0 spiro atoms. The number of aryl methyl sites for hydroxylation is 1. The number of hydrogen-bond acceptors (Lipinski definition) is 4. The topological polar surface area (TPSA) is 50.8 Å². The lowest BCUT2D eigenvalue weighted by atomic mass is 10.0. The van der Waals surface area contributed by atoms with Crippen LogP contribution in [0.2, 0.25) is 0 Å². The summed E-state index contributed by atoms with van der Waals surface area (Å²) in [6, 6.07) is 8.02. The molecule has 2 atom stereocenters. The van der Waals surface area contributed by atoms with Crippen molar-refractivity contribution < 1.29 is 14.3 Å². The third-order valence-electron chi connectivity index (χ3n) is 3.86. The molecular weight excluding hydrogens is 268 g/mol. The number of ether oxygens (including phenoxy) is 2. The number of rotatable bonds is 6. The molecule has 116 valence electrons. The van der Waals surface area contributed by atoms with Crippen LogP contribution in [0, 0.1) is 12.8 Å². The number of nitrogens with one attached hydrogen (secondary N) is 1. The van der Waals surface area contributed by atoms with Crippen LogP contribution >= 0.6 is 0 Å². The van der Waals surface area contributed by atoms with Crippen LogP contribution in [0.25, 0.3) is 0 Å². The molecule has 0 bridgehead atoms. The van der Waals surface area contributed by atoms with Crippen LogP contribution < -0.4 is 10.1 Å². The van der Waals surface area contributed by atoms with Gasteiger partial charge in [0, 0.05) is 13.1 Å². The molecule has 2 rings (SSSR count). The van der Waals surface area contributed by atoms with E-state index in [1.807, 2.05) is 45.3 Å². The van der Waals surface area contributed by atoms with E-state index in [1.165, 1.54) is 5.56 Å². The van der Waals surface area contributed by atoms with Crippen molar-refractivity contribution in [3.8, 4) is 5.75 Å². The number of nitrogens with zero attached hydrogens (tertiary/aromatic N) is 1. The molecule has 1 aliphatic heterocycles. The Balaban J connectivity index is 1.77. The summed E-state index contributed by atoms with van der Waals surface area (Å²) in [5.41, 5.74) is 1.20. The van der Waals surface area contributed by atoms with Crippen molar-refractivity contribution in [1.82, 2.24) is 10.2 Å². The van der Waals surface area contributed by atoms with Crippen molar-refractivity contribution >= 4 is 5.91 Å². The molecule has 1 aromatic carbocycles. The maximum absolute atomic E-state index is 12.4. The average molecular weight is 292 g/mol. The van der Waals surface area contributed by atoms with Gasteiger partial charge in [-0.15, -0.1) is 0 Å². The van der Waals surface area contributed by atoms with Crippen molar-refractivity contribution in [1.29, 1.82) is 0 Å². The SMILES string of the molecule is CNC1COCC1C(=O)N(C)CCOc1ccc(C)cc1. The van der Waals surface area contributed by atoms with Crippen LogP contribution in [0.3, 0.4) is 0 Å². The Hall–Kier alpha value is -1.59. The van der Waals surface area contributed by atoms with E-state index in [4.69, 9.17) is 9.47 Å². The first kappa shape index (κ1) is 15.8. The van der Waals surface area contributed by atoms with Gasteiger partial charge in [-0.3, -0.25) is 4.79 Å². The quantitative estimate of drug-likeness (QED) is 0.852. The molecule has 0 aliphatic carbocycles. The Morgan fingerprint density at radius 3 is 2.76 bits per heavy atom. The van der Waals surface area contributed by atoms with E-state index < -0.39 is 0 Å². The van der Waals surface area contributed by atoms with Gasteiger partial charge in [0.1, 0.15) is 12.4 Å². The number of carbonyl (C=O) groups excluding carboxylic acids is 1. The Morgan fingerprint density at radius 1 is 1.38 bits per heavy atom. The van der Waals surface area contributed by atoms with Gasteiger partial charge in [-0.25, -0.2) is 0 Å². The minimum absolute atomic E-state index is 0.0978. The van der Waals surface area contributed by atoms with Crippen molar-refractivity contribution in [3.63, 3.8) is 0 Å². The molecule has 0 saturated carbocycles. The molecule has 1 aromatic rings. The minimum Gasteiger partial charge on any atom is -0.492 e. The number of carbonyl (C=O) groups is 1. The second-order valence-electron chi connectivity index (χ2n) is 5.46. The van der Waals surface area contributed by atoms with E-state index in [-0.39, 0.29) is 17.9 Å². The van der Waals surface area contributed by atoms with Crippen LogP contribution in [0.15, 0.2) is 24.3 Å². The predicted molar refractivity (Wildman–Crippen MR) is 81.5 cm³/mol. The van der Waals surface area contributed by atoms with Crippen LogP contribution in [-0.2, 0) is 9.53 Å². The molecular formula is C16H24N2O3. The molecule has 5 heteroatoms. The first-order valence-corrected chi connectivity index (χ1v) is 7.31. The molecule has 0 radical (unpaired) electrons. The predicted octanol–water partition coefficient (Wildman–Crippen LogP) is 1.07. The number of likely N-dealkylation sites (N-methyl/N-ethyl adjacent to an activating group) is 2. The van der Waals surface area contributed by atoms with Crippen LogP contribution in [-0.4, -0.2) is 57.3 Å². The standard InChI is InChI=1S/C16H24N2O3/c1-12-4-6-13(7-5-12)21-9-8-18(3)16(19)14-10-20-11-15(14)17-2/h4-7,14-15,17H,8-11H2,1-3H3. The van der Waals surface area contributed by atoms with Gasteiger partial charge in [-0.05, 0) is 26.1 Å². The maximum atomic E-state index is 12.4. The number of benzene rings is 1. The van der Waals surface area contributed by atoms with Crippen molar-refractivity contribution in [2.45, 2.75) is 13.0 Å². The summed E-state index contributed by atoms with van der Waals surface area (Å²) in [5, 5.41) is 3.13. The van der Waals surface area contributed by atoms with Gasteiger partial charge in [-0.1, -0.05) is 17.7 Å². The zero-order valence-electron chi connectivity index (χ0n) is 13.0. The van der Waals surface area contributed by atoms with E-state index in [9.17, 15) is 4.79 Å². The summed E-state index contributed by atoms with van der Waals surface area (Å²) in [6.07, 6.45) is 0. The first-order valence-electron chi connectivity index (χ1n) is 7.31. The highest BCUT2D eigenvalue weighted by molar-refractivity contribution is 5.79. The largest absolute Gasteiger partial charge is 0.492 e. The Labute approximate surface area is 126 Å².